The molecule has 0 spiro atoms. The van der Waals surface area contributed by atoms with Gasteiger partial charge in [-0.05, 0) is 34.0 Å². The van der Waals surface area contributed by atoms with Gasteiger partial charge in [-0.25, -0.2) is 0 Å². The largest absolute Gasteiger partial charge is 0.320 e. The lowest BCUT2D eigenvalue weighted by molar-refractivity contribution is 0.501. The molecule has 0 aliphatic rings. The van der Waals surface area contributed by atoms with Gasteiger partial charge in [0.05, 0.1) is 0 Å². The Kier molecular flexibility index (Phi) is 7.89. The highest BCUT2D eigenvalue weighted by atomic mass is 14.9. The summed E-state index contributed by atoms with van der Waals surface area (Å²) in [5.74, 6) is 0. The zero-order valence-electron chi connectivity index (χ0n) is 7.91. The minimum absolute atomic E-state index is 0.621. The molecular formula is C8H21N3. The van der Waals surface area contributed by atoms with Crippen LogP contribution in [0.15, 0.2) is 0 Å². The lowest BCUT2D eigenvalue weighted by Crippen LogP contribution is -2.33. The molecule has 0 bridgehead atoms. The highest BCUT2D eigenvalue weighted by Gasteiger charge is 1.97. The Balaban J connectivity index is 3.02. The van der Waals surface area contributed by atoms with E-state index in [0.717, 1.165) is 19.6 Å². The van der Waals surface area contributed by atoms with Crippen molar-refractivity contribution in [2.45, 2.75) is 19.4 Å². The molecule has 0 radical (unpaired) electrons. The topological polar surface area (TPSA) is 36.1 Å². The summed E-state index contributed by atoms with van der Waals surface area (Å²) in [5.41, 5.74) is 0. The van der Waals surface area contributed by atoms with Crippen molar-refractivity contribution in [3.05, 3.63) is 0 Å². The van der Waals surface area contributed by atoms with Crippen LogP contribution in [0.5, 0.6) is 0 Å². The highest BCUT2D eigenvalue weighted by Crippen LogP contribution is 1.86. The predicted molar refractivity (Wildman–Crippen MR) is 49.9 cm³/mol. The van der Waals surface area contributed by atoms with E-state index in [0.29, 0.717) is 6.04 Å². The minimum atomic E-state index is 0.621. The van der Waals surface area contributed by atoms with Crippen molar-refractivity contribution in [3.8, 4) is 0 Å². The van der Waals surface area contributed by atoms with Crippen molar-refractivity contribution in [1.29, 1.82) is 0 Å². The van der Waals surface area contributed by atoms with Crippen LogP contribution in [0.1, 0.15) is 13.3 Å². The zero-order valence-corrected chi connectivity index (χ0v) is 7.91. The second-order valence-corrected chi connectivity index (χ2v) is 2.85. The molecule has 0 rings (SSSR count). The van der Waals surface area contributed by atoms with E-state index in [2.05, 4.69) is 22.9 Å². The van der Waals surface area contributed by atoms with Gasteiger partial charge in [-0.3, -0.25) is 0 Å². The summed E-state index contributed by atoms with van der Waals surface area (Å²) in [7, 11) is 3.96. The normalized spacial score (nSPS) is 13.4. The Morgan fingerprint density at radius 1 is 1.00 bits per heavy atom. The van der Waals surface area contributed by atoms with E-state index in [4.69, 9.17) is 0 Å². The van der Waals surface area contributed by atoms with E-state index < -0.39 is 0 Å². The summed E-state index contributed by atoms with van der Waals surface area (Å²) in [6, 6.07) is 0.621. The van der Waals surface area contributed by atoms with Crippen LogP contribution in [-0.4, -0.2) is 39.8 Å². The summed E-state index contributed by atoms with van der Waals surface area (Å²) in [6.07, 6.45) is 1.19. The van der Waals surface area contributed by atoms with Crippen LogP contribution >= 0.6 is 0 Å². The molecule has 3 N–H and O–H groups in total. The fourth-order valence-electron chi connectivity index (χ4n) is 0.906. The van der Waals surface area contributed by atoms with Crippen LogP contribution in [0.25, 0.3) is 0 Å². The zero-order chi connectivity index (χ0) is 8.53. The fourth-order valence-corrected chi connectivity index (χ4v) is 0.906. The average Bonchev–Trinajstić information content (AvgIpc) is 2.01. The van der Waals surface area contributed by atoms with Gasteiger partial charge in [0.2, 0.25) is 0 Å². The van der Waals surface area contributed by atoms with Crippen molar-refractivity contribution in [1.82, 2.24) is 16.0 Å². The predicted octanol–water partition coefficient (Wildman–Crippen LogP) is -0.207. The van der Waals surface area contributed by atoms with Gasteiger partial charge in [0.1, 0.15) is 0 Å². The van der Waals surface area contributed by atoms with Crippen molar-refractivity contribution >= 4 is 0 Å². The molecule has 0 fully saturated rings. The molecule has 11 heavy (non-hydrogen) atoms. The molecule has 0 saturated heterocycles. The van der Waals surface area contributed by atoms with Gasteiger partial charge >= 0.3 is 0 Å². The SMILES string of the molecule is CNCCNC(C)CCNC. The Hall–Kier alpha value is -0.120. The van der Waals surface area contributed by atoms with Crippen molar-refractivity contribution in [2.24, 2.45) is 0 Å². The molecule has 0 amide bonds. The summed E-state index contributed by atoms with van der Waals surface area (Å²) in [4.78, 5) is 0. The van der Waals surface area contributed by atoms with E-state index in [9.17, 15) is 0 Å². The maximum Gasteiger partial charge on any atom is 0.00791 e. The molecule has 0 aromatic carbocycles. The smallest absolute Gasteiger partial charge is 0.00791 e. The molecule has 68 valence electrons. The van der Waals surface area contributed by atoms with Crippen LogP contribution < -0.4 is 16.0 Å². The van der Waals surface area contributed by atoms with Crippen LogP contribution in [-0.2, 0) is 0 Å². The van der Waals surface area contributed by atoms with Gasteiger partial charge in [0.25, 0.3) is 0 Å². The van der Waals surface area contributed by atoms with Gasteiger partial charge in [0.15, 0.2) is 0 Å². The van der Waals surface area contributed by atoms with Crippen molar-refractivity contribution < 1.29 is 0 Å². The third-order valence-electron chi connectivity index (χ3n) is 1.70. The molecule has 0 aliphatic heterocycles. The molecule has 3 nitrogen and oxygen atoms in total. The average molecular weight is 159 g/mol. The van der Waals surface area contributed by atoms with Crippen molar-refractivity contribution in [2.75, 3.05) is 33.7 Å². The Morgan fingerprint density at radius 3 is 2.18 bits per heavy atom. The number of hydrogen-bond acceptors (Lipinski definition) is 3. The van der Waals surface area contributed by atoms with Crippen LogP contribution in [0.4, 0.5) is 0 Å². The first kappa shape index (κ1) is 10.9. The molecular weight excluding hydrogens is 138 g/mol. The van der Waals surface area contributed by atoms with E-state index >= 15 is 0 Å². The molecule has 0 heterocycles. The Labute approximate surface area is 69.9 Å². The number of rotatable bonds is 7. The number of hydrogen-bond donors (Lipinski definition) is 3. The molecule has 0 saturated carbocycles. The molecule has 0 aromatic rings. The Morgan fingerprint density at radius 2 is 1.64 bits per heavy atom. The lowest BCUT2D eigenvalue weighted by atomic mass is 10.2. The Bertz CT molecular complexity index is 75.7. The number of likely N-dealkylation sites (N-methyl/N-ethyl adjacent to an activating group) is 1. The fraction of sp³-hybridized carbons (Fsp3) is 1.00. The highest BCUT2D eigenvalue weighted by molar-refractivity contribution is 4.61. The first-order valence-corrected chi connectivity index (χ1v) is 4.33. The quantitative estimate of drug-likeness (QED) is 0.450. The maximum atomic E-state index is 3.42. The van der Waals surface area contributed by atoms with Gasteiger partial charge in [-0.2, -0.15) is 0 Å². The monoisotopic (exact) mass is 159 g/mol. The van der Waals surface area contributed by atoms with Gasteiger partial charge in [0, 0.05) is 19.1 Å². The standard InChI is InChI=1S/C8H21N3/c1-8(4-5-9-2)11-7-6-10-3/h8-11H,4-7H2,1-3H3. The molecule has 0 aliphatic carbocycles. The van der Waals surface area contributed by atoms with E-state index in [1.165, 1.54) is 6.42 Å². The summed E-state index contributed by atoms with van der Waals surface area (Å²) >= 11 is 0. The molecule has 1 unspecified atom stereocenters. The van der Waals surface area contributed by atoms with Gasteiger partial charge in [-0.1, -0.05) is 0 Å². The van der Waals surface area contributed by atoms with E-state index in [1.807, 2.05) is 14.1 Å². The van der Waals surface area contributed by atoms with Gasteiger partial charge in [-0.15, -0.1) is 0 Å². The second-order valence-electron chi connectivity index (χ2n) is 2.85. The third-order valence-corrected chi connectivity index (χ3v) is 1.70. The van der Waals surface area contributed by atoms with Crippen LogP contribution in [0, 0.1) is 0 Å². The lowest BCUT2D eigenvalue weighted by Gasteiger charge is -2.12. The maximum absolute atomic E-state index is 3.42. The number of nitrogens with one attached hydrogen (secondary N) is 3. The molecule has 0 aromatic heterocycles. The first-order valence-electron chi connectivity index (χ1n) is 4.33. The van der Waals surface area contributed by atoms with Crippen LogP contribution in [0.2, 0.25) is 0 Å². The van der Waals surface area contributed by atoms with Crippen molar-refractivity contribution in [3.63, 3.8) is 0 Å². The van der Waals surface area contributed by atoms with E-state index in [-0.39, 0.29) is 0 Å². The first-order chi connectivity index (χ1) is 5.31. The molecule has 3 heteroatoms. The summed E-state index contributed by atoms with van der Waals surface area (Å²) in [5, 5.41) is 9.65. The van der Waals surface area contributed by atoms with Gasteiger partial charge < -0.3 is 16.0 Å². The van der Waals surface area contributed by atoms with Crippen LogP contribution in [0.3, 0.4) is 0 Å². The third kappa shape index (κ3) is 7.78. The second kappa shape index (κ2) is 7.98. The van der Waals surface area contributed by atoms with E-state index in [1.54, 1.807) is 0 Å². The molecule has 1 atom stereocenters. The summed E-state index contributed by atoms with van der Waals surface area (Å²) < 4.78 is 0. The minimum Gasteiger partial charge on any atom is -0.320 e. The summed E-state index contributed by atoms with van der Waals surface area (Å²) in [6.45, 7) is 5.41.